The second kappa shape index (κ2) is 8.46. The maximum Gasteiger partial charge on any atom is 0.255 e. The van der Waals surface area contributed by atoms with Gasteiger partial charge in [-0.25, -0.2) is 0 Å². The molecular formula is C19H24N2O2. The fourth-order valence-electron chi connectivity index (χ4n) is 2.25. The first kappa shape index (κ1) is 17.2. The van der Waals surface area contributed by atoms with Gasteiger partial charge in [-0.1, -0.05) is 37.3 Å². The SMILES string of the molecule is CC[C@@H](O)CNC(C)c1cccc(NC(=O)c2ccccc2)c1. The molecule has 0 spiro atoms. The molecule has 122 valence electrons. The molecule has 0 bridgehead atoms. The number of aliphatic hydroxyl groups is 1. The highest BCUT2D eigenvalue weighted by Gasteiger charge is 2.10. The van der Waals surface area contributed by atoms with Crippen LogP contribution in [0.2, 0.25) is 0 Å². The minimum Gasteiger partial charge on any atom is -0.392 e. The number of aliphatic hydroxyl groups excluding tert-OH is 1. The highest BCUT2D eigenvalue weighted by atomic mass is 16.3. The van der Waals surface area contributed by atoms with Gasteiger partial charge in [0.2, 0.25) is 0 Å². The van der Waals surface area contributed by atoms with Gasteiger partial charge in [0.05, 0.1) is 6.10 Å². The number of amides is 1. The summed E-state index contributed by atoms with van der Waals surface area (Å²) < 4.78 is 0. The largest absolute Gasteiger partial charge is 0.392 e. The van der Waals surface area contributed by atoms with Crippen molar-refractivity contribution in [2.24, 2.45) is 0 Å². The van der Waals surface area contributed by atoms with Crippen molar-refractivity contribution in [1.29, 1.82) is 0 Å². The molecule has 1 unspecified atom stereocenters. The van der Waals surface area contributed by atoms with Crippen molar-refractivity contribution < 1.29 is 9.90 Å². The van der Waals surface area contributed by atoms with Gasteiger partial charge >= 0.3 is 0 Å². The highest BCUT2D eigenvalue weighted by Crippen LogP contribution is 2.18. The third-order valence-electron chi connectivity index (χ3n) is 3.81. The monoisotopic (exact) mass is 312 g/mol. The van der Waals surface area contributed by atoms with Crippen LogP contribution < -0.4 is 10.6 Å². The van der Waals surface area contributed by atoms with E-state index >= 15 is 0 Å². The number of hydrogen-bond donors (Lipinski definition) is 3. The molecule has 0 saturated heterocycles. The van der Waals surface area contributed by atoms with Gasteiger partial charge in [-0.15, -0.1) is 0 Å². The molecule has 2 rings (SSSR count). The van der Waals surface area contributed by atoms with Gasteiger partial charge in [-0.2, -0.15) is 0 Å². The van der Waals surface area contributed by atoms with Crippen LogP contribution in [-0.4, -0.2) is 23.7 Å². The predicted molar refractivity (Wildman–Crippen MR) is 93.6 cm³/mol. The Morgan fingerprint density at radius 3 is 2.57 bits per heavy atom. The van der Waals surface area contributed by atoms with E-state index in [0.29, 0.717) is 12.1 Å². The van der Waals surface area contributed by atoms with Crippen LogP contribution >= 0.6 is 0 Å². The maximum absolute atomic E-state index is 12.2. The molecule has 2 aromatic carbocycles. The van der Waals surface area contributed by atoms with E-state index in [1.807, 2.05) is 56.3 Å². The fraction of sp³-hybridized carbons (Fsp3) is 0.316. The fourth-order valence-corrected chi connectivity index (χ4v) is 2.25. The summed E-state index contributed by atoms with van der Waals surface area (Å²) in [6.45, 7) is 4.55. The maximum atomic E-state index is 12.2. The molecule has 0 fully saturated rings. The number of anilines is 1. The third-order valence-corrected chi connectivity index (χ3v) is 3.81. The number of benzene rings is 2. The standard InChI is InChI=1S/C19H24N2O2/c1-3-18(22)13-20-14(2)16-10-7-11-17(12-16)21-19(23)15-8-5-4-6-9-15/h4-12,14,18,20,22H,3,13H2,1-2H3,(H,21,23)/t14?,18-/m1/s1. The zero-order valence-electron chi connectivity index (χ0n) is 13.6. The van der Waals surface area contributed by atoms with Crippen LogP contribution in [0, 0.1) is 0 Å². The minimum atomic E-state index is -0.335. The summed E-state index contributed by atoms with van der Waals surface area (Å²) in [5.41, 5.74) is 2.47. The average Bonchev–Trinajstić information content (AvgIpc) is 2.60. The van der Waals surface area contributed by atoms with E-state index in [0.717, 1.165) is 17.7 Å². The van der Waals surface area contributed by atoms with Crippen LogP contribution in [0.5, 0.6) is 0 Å². The summed E-state index contributed by atoms with van der Waals surface area (Å²) >= 11 is 0. The van der Waals surface area contributed by atoms with Crippen molar-refractivity contribution in [1.82, 2.24) is 5.32 Å². The first-order valence-electron chi connectivity index (χ1n) is 7.98. The molecule has 0 aliphatic heterocycles. The first-order valence-corrected chi connectivity index (χ1v) is 7.98. The van der Waals surface area contributed by atoms with E-state index in [-0.39, 0.29) is 18.1 Å². The van der Waals surface area contributed by atoms with Gasteiger partial charge in [0.1, 0.15) is 0 Å². The van der Waals surface area contributed by atoms with E-state index < -0.39 is 0 Å². The summed E-state index contributed by atoms with van der Waals surface area (Å²) in [5.74, 6) is -0.121. The van der Waals surface area contributed by atoms with Gasteiger partial charge in [0.25, 0.3) is 5.91 Å². The zero-order valence-corrected chi connectivity index (χ0v) is 13.6. The van der Waals surface area contributed by atoms with Crippen molar-refractivity contribution in [3.63, 3.8) is 0 Å². The number of hydrogen-bond acceptors (Lipinski definition) is 3. The molecule has 3 N–H and O–H groups in total. The normalized spacial score (nSPS) is 13.3. The molecule has 0 radical (unpaired) electrons. The van der Waals surface area contributed by atoms with E-state index in [1.165, 1.54) is 0 Å². The summed E-state index contributed by atoms with van der Waals surface area (Å²) in [6, 6.07) is 17.0. The molecule has 4 nitrogen and oxygen atoms in total. The predicted octanol–water partition coefficient (Wildman–Crippen LogP) is 3.36. The van der Waals surface area contributed by atoms with Crippen LogP contribution in [0.1, 0.15) is 42.2 Å². The highest BCUT2D eigenvalue weighted by molar-refractivity contribution is 6.04. The van der Waals surface area contributed by atoms with Gasteiger partial charge < -0.3 is 15.7 Å². The Bertz CT molecular complexity index is 628. The van der Waals surface area contributed by atoms with Gasteiger partial charge in [-0.3, -0.25) is 4.79 Å². The lowest BCUT2D eigenvalue weighted by atomic mass is 10.1. The smallest absolute Gasteiger partial charge is 0.255 e. The lowest BCUT2D eigenvalue weighted by Crippen LogP contribution is -2.28. The van der Waals surface area contributed by atoms with Gasteiger partial charge in [0, 0.05) is 23.8 Å². The summed E-state index contributed by atoms with van der Waals surface area (Å²) in [7, 11) is 0. The van der Waals surface area contributed by atoms with E-state index in [4.69, 9.17) is 0 Å². The molecule has 23 heavy (non-hydrogen) atoms. The first-order chi connectivity index (χ1) is 11.1. The Balaban J connectivity index is 2.00. The number of carbonyl (C=O) groups is 1. The topological polar surface area (TPSA) is 61.4 Å². The molecule has 0 aliphatic carbocycles. The van der Waals surface area contributed by atoms with Crippen molar-refractivity contribution in [2.45, 2.75) is 32.4 Å². The number of rotatable bonds is 7. The molecule has 1 amide bonds. The van der Waals surface area contributed by atoms with E-state index in [9.17, 15) is 9.90 Å². The molecule has 2 atom stereocenters. The second-order valence-corrected chi connectivity index (χ2v) is 5.64. The van der Waals surface area contributed by atoms with Crippen LogP contribution in [0.3, 0.4) is 0 Å². The van der Waals surface area contributed by atoms with Crippen molar-refractivity contribution in [3.8, 4) is 0 Å². The van der Waals surface area contributed by atoms with Crippen LogP contribution in [0.15, 0.2) is 54.6 Å². The quantitative estimate of drug-likeness (QED) is 0.734. The van der Waals surface area contributed by atoms with Crippen molar-refractivity contribution >= 4 is 11.6 Å². The van der Waals surface area contributed by atoms with Gasteiger partial charge in [0.15, 0.2) is 0 Å². The summed E-state index contributed by atoms with van der Waals surface area (Å²) in [5, 5.41) is 15.8. The Kier molecular flexibility index (Phi) is 6.32. The van der Waals surface area contributed by atoms with Crippen molar-refractivity contribution in [2.75, 3.05) is 11.9 Å². The average molecular weight is 312 g/mol. The molecule has 0 saturated carbocycles. The molecular weight excluding hydrogens is 288 g/mol. The molecule has 2 aromatic rings. The molecule has 0 heterocycles. The molecule has 0 aliphatic rings. The van der Waals surface area contributed by atoms with Crippen LogP contribution in [0.25, 0.3) is 0 Å². The van der Waals surface area contributed by atoms with Crippen LogP contribution in [0.4, 0.5) is 5.69 Å². The Labute approximate surface area is 137 Å². The van der Waals surface area contributed by atoms with Gasteiger partial charge in [-0.05, 0) is 43.2 Å². The third kappa shape index (κ3) is 5.20. The lowest BCUT2D eigenvalue weighted by molar-refractivity contribution is 0.102. The van der Waals surface area contributed by atoms with E-state index in [2.05, 4.69) is 10.6 Å². The number of nitrogens with one attached hydrogen (secondary N) is 2. The second-order valence-electron chi connectivity index (χ2n) is 5.64. The van der Waals surface area contributed by atoms with Crippen molar-refractivity contribution in [3.05, 3.63) is 65.7 Å². The molecule has 4 heteroatoms. The Morgan fingerprint density at radius 2 is 1.87 bits per heavy atom. The minimum absolute atomic E-state index is 0.102. The lowest BCUT2D eigenvalue weighted by Gasteiger charge is -2.17. The zero-order chi connectivity index (χ0) is 16.7. The number of carbonyl (C=O) groups excluding carboxylic acids is 1. The summed E-state index contributed by atoms with van der Waals surface area (Å²) in [6.07, 6.45) is 0.394. The Hall–Kier alpha value is -2.17. The Morgan fingerprint density at radius 1 is 1.13 bits per heavy atom. The summed E-state index contributed by atoms with van der Waals surface area (Å²) in [4.78, 5) is 12.2. The molecule has 0 aromatic heterocycles. The van der Waals surface area contributed by atoms with E-state index in [1.54, 1.807) is 12.1 Å². The van der Waals surface area contributed by atoms with Crippen LogP contribution in [-0.2, 0) is 0 Å².